The Kier molecular flexibility index (Phi) is 5.90. The van der Waals surface area contributed by atoms with E-state index in [4.69, 9.17) is 4.74 Å². The van der Waals surface area contributed by atoms with Crippen molar-refractivity contribution in [2.24, 2.45) is 5.92 Å². The summed E-state index contributed by atoms with van der Waals surface area (Å²) in [6.07, 6.45) is 9.79. The summed E-state index contributed by atoms with van der Waals surface area (Å²) in [7, 11) is 0. The maximum atomic E-state index is 9.30. The van der Waals surface area contributed by atoms with E-state index in [-0.39, 0.29) is 5.92 Å². The normalized spacial score (nSPS) is 28.2. The van der Waals surface area contributed by atoms with Gasteiger partial charge in [-0.05, 0) is 63.4 Å². The second kappa shape index (κ2) is 8.78. The quantitative estimate of drug-likeness (QED) is 0.769. The lowest BCUT2D eigenvalue weighted by atomic mass is 9.89. The molecular formula is C23H31N5OS. The summed E-state index contributed by atoms with van der Waals surface area (Å²) in [5, 5.41) is 14.3. The van der Waals surface area contributed by atoms with Crippen molar-refractivity contribution < 1.29 is 4.74 Å². The van der Waals surface area contributed by atoms with Crippen LogP contribution < -0.4 is 5.32 Å². The van der Waals surface area contributed by atoms with Crippen LogP contribution >= 0.6 is 11.3 Å². The average molecular weight is 426 g/mol. The van der Waals surface area contributed by atoms with Gasteiger partial charge in [0.15, 0.2) is 0 Å². The van der Waals surface area contributed by atoms with Crippen LogP contribution in [0, 0.1) is 17.2 Å². The molecule has 1 aliphatic heterocycles. The van der Waals surface area contributed by atoms with Gasteiger partial charge in [0.1, 0.15) is 17.0 Å². The summed E-state index contributed by atoms with van der Waals surface area (Å²) < 4.78 is 5.52. The Morgan fingerprint density at radius 3 is 2.80 bits per heavy atom. The van der Waals surface area contributed by atoms with Crippen molar-refractivity contribution in [2.75, 3.05) is 31.6 Å². The number of aryl methyl sites for hydroxylation is 1. The van der Waals surface area contributed by atoms with Crippen LogP contribution in [0.2, 0.25) is 0 Å². The van der Waals surface area contributed by atoms with E-state index in [2.05, 4.69) is 26.3 Å². The first kappa shape index (κ1) is 20.2. The molecule has 2 aromatic rings. The zero-order valence-electron chi connectivity index (χ0n) is 17.8. The molecule has 7 heteroatoms. The van der Waals surface area contributed by atoms with Gasteiger partial charge in [-0.25, -0.2) is 9.97 Å². The molecule has 160 valence electrons. The molecule has 1 unspecified atom stereocenters. The van der Waals surface area contributed by atoms with E-state index in [0.717, 1.165) is 56.2 Å². The molecule has 2 fully saturated rings. The van der Waals surface area contributed by atoms with Crippen molar-refractivity contribution in [1.29, 1.82) is 5.26 Å². The van der Waals surface area contributed by atoms with Gasteiger partial charge >= 0.3 is 0 Å². The number of anilines is 1. The number of aromatic nitrogens is 2. The number of nitrogens with zero attached hydrogens (tertiary/aromatic N) is 4. The number of morpholine rings is 1. The summed E-state index contributed by atoms with van der Waals surface area (Å²) in [5.41, 5.74) is 1.43. The van der Waals surface area contributed by atoms with Gasteiger partial charge in [-0.2, -0.15) is 5.26 Å². The minimum atomic E-state index is 0.0902. The molecule has 0 amide bonds. The number of rotatable bonds is 5. The first-order valence-electron chi connectivity index (χ1n) is 11.5. The van der Waals surface area contributed by atoms with E-state index in [1.807, 2.05) is 18.3 Å². The Balaban J connectivity index is 1.31. The Bertz CT molecular complexity index is 924. The third-order valence-electron chi connectivity index (χ3n) is 7.19. The van der Waals surface area contributed by atoms with Crippen LogP contribution in [0.1, 0.15) is 61.8 Å². The predicted molar refractivity (Wildman–Crippen MR) is 120 cm³/mol. The lowest BCUT2D eigenvalue weighted by molar-refractivity contribution is 0.00791. The van der Waals surface area contributed by atoms with Crippen molar-refractivity contribution >= 4 is 27.4 Å². The van der Waals surface area contributed by atoms with E-state index in [1.165, 1.54) is 41.5 Å². The van der Waals surface area contributed by atoms with Gasteiger partial charge in [0.25, 0.3) is 0 Å². The maximum absolute atomic E-state index is 9.30. The fraction of sp³-hybridized carbons (Fsp3) is 0.696. The summed E-state index contributed by atoms with van der Waals surface area (Å²) in [6, 6.07) is 3.61. The Morgan fingerprint density at radius 2 is 2.03 bits per heavy atom. The number of hydrogen-bond donors (Lipinski definition) is 1. The molecule has 6 nitrogen and oxygen atoms in total. The van der Waals surface area contributed by atoms with Crippen molar-refractivity contribution in [1.82, 2.24) is 14.9 Å². The molecule has 0 aromatic carbocycles. The lowest BCUT2D eigenvalue weighted by Crippen LogP contribution is -2.46. The second-order valence-corrected chi connectivity index (χ2v) is 10.2. The summed E-state index contributed by atoms with van der Waals surface area (Å²) >= 11 is 1.83. The van der Waals surface area contributed by atoms with E-state index in [1.54, 1.807) is 6.33 Å². The largest absolute Gasteiger partial charge is 0.379 e. The third kappa shape index (κ3) is 3.93. The first-order chi connectivity index (χ1) is 14.7. The van der Waals surface area contributed by atoms with Gasteiger partial charge in [-0.15, -0.1) is 11.3 Å². The zero-order chi connectivity index (χ0) is 20.5. The van der Waals surface area contributed by atoms with Gasteiger partial charge in [-0.3, -0.25) is 4.90 Å². The minimum absolute atomic E-state index is 0.0902. The molecule has 1 saturated carbocycles. The Hall–Kier alpha value is -1.75. The summed E-state index contributed by atoms with van der Waals surface area (Å²) in [5.74, 6) is 1.57. The summed E-state index contributed by atoms with van der Waals surface area (Å²) in [4.78, 5) is 14.5. The molecule has 3 aliphatic rings. The maximum Gasteiger partial charge on any atom is 0.138 e. The van der Waals surface area contributed by atoms with Gasteiger partial charge in [0, 0.05) is 36.0 Å². The van der Waals surface area contributed by atoms with Crippen molar-refractivity contribution in [3.63, 3.8) is 0 Å². The smallest absolute Gasteiger partial charge is 0.138 e. The van der Waals surface area contributed by atoms with Gasteiger partial charge in [0.2, 0.25) is 0 Å². The van der Waals surface area contributed by atoms with Gasteiger partial charge in [0.05, 0.1) is 24.7 Å². The van der Waals surface area contributed by atoms with E-state index in [9.17, 15) is 5.26 Å². The zero-order valence-corrected chi connectivity index (χ0v) is 18.6. The number of fused-ring (bicyclic) bond motifs is 3. The highest BCUT2D eigenvalue weighted by Crippen LogP contribution is 2.47. The number of ether oxygens (including phenoxy) is 1. The second-order valence-electron chi connectivity index (χ2n) is 9.14. The van der Waals surface area contributed by atoms with Crippen LogP contribution in [-0.4, -0.2) is 53.3 Å². The van der Waals surface area contributed by atoms with Gasteiger partial charge < -0.3 is 10.1 Å². The topological polar surface area (TPSA) is 74.1 Å². The molecule has 0 bridgehead atoms. The molecule has 2 aromatic heterocycles. The SMILES string of the molecule is CC(C#N)C[C@H]1CCc2sc3ncnc(NC4CCC(N5CCOCC5)CC4)c3c21. The molecule has 0 spiro atoms. The lowest BCUT2D eigenvalue weighted by Gasteiger charge is -2.39. The highest BCUT2D eigenvalue weighted by atomic mass is 32.1. The van der Waals surface area contributed by atoms with Crippen LogP contribution in [0.5, 0.6) is 0 Å². The van der Waals surface area contributed by atoms with Crippen LogP contribution in [0.4, 0.5) is 5.82 Å². The van der Waals surface area contributed by atoms with Crippen molar-refractivity contribution in [2.45, 2.75) is 69.9 Å². The van der Waals surface area contributed by atoms with E-state index >= 15 is 0 Å². The molecule has 2 atom stereocenters. The van der Waals surface area contributed by atoms with Crippen molar-refractivity contribution in [3.05, 3.63) is 16.8 Å². The average Bonchev–Trinajstić information content (AvgIpc) is 3.35. The molecular weight excluding hydrogens is 394 g/mol. The van der Waals surface area contributed by atoms with Crippen molar-refractivity contribution in [3.8, 4) is 6.07 Å². The van der Waals surface area contributed by atoms with Crippen LogP contribution in [0.15, 0.2) is 6.33 Å². The third-order valence-corrected chi connectivity index (χ3v) is 8.36. The number of nitriles is 1. The van der Waals surface area contributed by atoms with Gasteiger partial charge in [-0.1, -0.05) is 0 Å². The Morgan fingerprint density at radius 1 is 1.23 bits per heavy atom. The Labute approximate surface area is 182 Å². The number of hydrogen-bond acceptors (Lipinski definition) is 7. The monoisotopic (exact) mass is 425 g/mol. The standard InChI is InChI=1S/C23H31N5OS/c1-15(13-24)12-16-2-7-19-20(16)21-22(25-14-26-23(21)30-19)27-17-3-5-18(6-4-17)28-8-10-29-11-9-28/h14-18H,2-12H2,1H3,(H,25,26,27)/t15?,16-,17?,18?/m1/s1. The fourth-order valence-corrected chi connectivity index (χ4v) is 6.85. The molecule has 1 saturated heterocycles. The van der Waals surface area contributed by atoms with Crippen LogP contribution in [-0.2, 0) is 11.2 Å². The van der Waals surface area contributed by atoms with Crippen LogP contribution in [0.25, 0.3) is 10.2 Å². The summed E-state index contributed by atoms with van der Waals surface area (Å²) in [6.45, 7) is 5.96. The molecule has 3 heterocycles. The van der Waals surface area contributed by atoms with Crippen LogP contribution in [0.3, 0.4) is 0 Å². The molecule has 1 N–H and O–H groups in total. The molecule has 30 heavy (non-hydrogen) atoms. The molecule has 0 radical (unpaired) electrons. The predicted octanol–water partition coefficient (Wildman–Crippen LogP) is 4.33. The van der Waals surface area contributed by atoms with E-state index in [0.29, 0.717) is 18.0 Å². The number of nitrogens with one attached hydrogen (secondary N) is 1. The first-order valence-corrected chi connectivity index (χ1v) is 12.3. The molecule has 5 rings (SSSR count). The highest BCUT2D eigenvalue weighted by Gasteiger charge is 2.32. The fourth-order valence-electron chi connectivity index (χ4n) is 5.61. The molecule has 2 aliphatic carbocycles. The van der Waals surface area contributed by atoms with E-state index < -0.39 is 0 Å². The highest BCUT2D eigenvalue weighted by molar-refractivity contribution is 7.19. The number of thiophene rings is 1. The minimum Gasteiger partial charge on any atom is -0.379 e.